The van der Waals surface area contributed by atoms with Crippen molar-refractivity contribution in [3.05, 3.63) is 47.2 Å². The van der Waals surface area contributed by atoms with Gasteiger partial charge < -0.3 is 5.73 Å². The highest BCUT2D eigenvalue weighted by molar-refractivity contribution is 7.98. The fraction of sp³-hybridized carbons (Fsp3) is 0.375. The van der Waals surface area contributed by atoms with E-state index >= 15 is 0 Å². The molecule has 2 aromatic rings. The number of aromatic nitrogens is 2. The second kappa shape index (κ2) is 5.83. The predicted octanol–water partition coefficient (Wildman–Crippen LogP) is 3.96. The van der Waals surface area contributed by atoms with Crippen molar-refractivity contribution in [2.24, 2.45) is 0 Å². The van der Waals surface area contributed by atoms with Crippen LogP contribution in [-0.4, -0.2) is 9.97 Å². The summed E-state index contributed by atoms with van der Waals surface area (Å²) in [4.78, 5) is 8.61. The maximum absolute atomic E-state index is 5.73. The maximum Gasteiger partial charge on any atom is 0.190 e. The molecule has 0 saturated heterocycles. The summed E-state index contributed by atoms with van der Waals surface area (Å²) >= 11 is 1.61. The first-order valence-electron chi connectivity index (χ1n) is 6.68. The van der Waals surface area contributed by atoms with Crippen LogP contribution in [0.2, 0.25) is 0 Å². The summed E-state index contributed by atoms with van der Waals surface area (Å²) in [6, 6.07) is 10.5. The van der Waals surface area contributed by atoms with Crippen LogP contribution in [0.15, 0.2) is 35.5 Å². The molecule has 0 amide bonds. The van der Waals surface area contributed by atoms with Crippen LogP contribution in [0.3, 0.4) is 0 Å². The topological polar surface area (TPSA) is 51.8 Å². The summed E-state index contributed by atoms with van der Waals surface area (Å²) in [5.41, 5.74) is 9.45. The van der Waals surface area contributed by atoms with Gasteiger partial charge in [-0.1, -0.05) is 56.8 Å². The van der Waals surface area contributed by atoms with E-state index in [9.17, 15) is 0 Å². The largest absolute Gasteiger partial charge is 0.384 e. The fourth-order valence-electron chi connectivity index (χ4n) is 1.88. The van der Waals surface area contributed by atoms with E-state index < -0.39 is 0 Å². The molecule has 0 radical (unpaired) electrons. The predicted molar refractivity (Wildman–Crippen MR) is 85.9 cm³/mol. The van der Waals surface area contributed by atoms with Crippen molar-refractivity contribution in [2.45, 2.75) is 44.0 Å². The lowest BCUT2D eigenvalue weighted by atomic mass is 9.87. The van der Waals surface area contributed by atoms with Gasteiger partial charge in [-0.2, -0.15) is 0 Å². The van der Waals surface area contributed by atoms with Gasteiger partial charge in [0.25, 0.3) is 0 Å². The van der Waals surface area contributed by atoms with Crippen LogP contribution >= 0.6 is 11.8 Å². The molecule has 0 saturated carbocycles. The lowest BCUT2D eigenvalue weighted by Gasteiger charge is -2.19. The second-order valence-electron chi connectivity index (χ2n) is 5.95. The fourth-order valence-corrected chi connectivity index (χ4v) is 2.74. The first-order chi connectivity index (χ1) is 9.34. The molecule has 1 aromatic carbocycles. The molecule has 4 heteroatoms. The molecule has 106 valence electrons. The molecule has 2 rings (SSSR count). The monoisotopic (exact) mass is 287 g/mol. The Bertz CT molecular complexity index is 565. The van der Waals surface area contributed by atoms with Gasteiger partial charge in [-0.3, -0.25) is 0 Å². The van der Waals surface area contributed by atoms with Crippen molar-refractivity contribution in [1.82, 2.24) is 9.97 Å². The molecular weight excluding hydrogens is 266 g/mol. The average Bonchev–Trinajstić information content (AvgIpc) is 2.35. The molecule has 0 fully saturated rings. The van der Waals surface area contributed by atoms with Gasteiger partial charge in [0.05, 0.1) is 0 Å². The van der Waals surface area contributed by atoms with E-state index in [2.05, 4.69) is 55.0 Å². The van der Waals surface area contributed by atoms with Crippen molar-refractivity contribution in [2.75, 3.05) is 5.73 Å². The van der Waals surface area contributed by atoms with Crippen molar-refractivity contribution < 1.29 is 0 Å². The Hall–Kier alpha value is -1.55. The molecule has 1 heterocycles. The number of nitrogens with zero attached hydrogens (tertiary/aromatic N) is 2. The number of hydrogen-bond donors (Lipinski definition) is 1. The van der Waals surface area contributed by atoms with E-state index in [4.69, 9.17) is 5.73 Å². The molecule has 1 aromatic heterocycles. The number of aryl methyl sites for hydroxylation is 1. The Morgan fingerprint density at radius 1 is 1.10 bits per heavy atom. The molecular formula is C16H21N3S. The quantitative estimate of drug-likeness (QED) is 0.686. The van der Waals surface area contributed by atoms with Crippen LogP contribution in [0.25, 0.3) is 0 Å². The Labute approximate surface area is 125 Å². The van der Waals surface area contributed by atoms with Crippen molar-refractivity contribution in [3.63, 3.8) is 0 Å². The van der Waals surface area contributed by atoms with Crippen molar-refractivity contribution >= 4 is 17.6 Å². The summed E-state index contributed by atoms with van der Waals surface area (Å²) in [5, 5.41) is 0.738. The summed E-state index contributed by atoms with van der Waals surface area (Å²) in [6.45, 7) is 8.60. The lowest BCUT2D eigenvalue weighted by Crippen LogP contribution is -2.10. The highest BCUT2D eigenvalue weighted by atomic mass is 32.2. The van der Waals surface area contributed by atoms with Gasteiger partial charge in [-0.25, -0.2) is 9.97 Å². The molecule has 0 aliphatic rings. The number of nitrogens with two attached hydrogens (primary N) is 1. The molecule has 20 heavy (non-hydrogen) atoms. The van der Waals surface area contributed by atoms with E-state index in [1.54, 1.807) is 17.8 Å². The zero-order valence-corrected chi connectivity index (χ0v) is 13.3. The van der Waals surface area contributed by atoms with Crippen LogP contribution in [0.5, 0.6) is 0 Å². The van der Waals surface area contributed by atoms with E-state index in [1.807, 2.05) is 6.92 Å². The van der Waals surface area contributed by atoms with E-state index in [0.717, 1.165) is 16.6 Å². The number of anilines is 1. The molecule has 0 unspecified atom stereocenters. The Kier molecular flexibility index (Phi) is 4.33. The molecule has 0 atom stereocenters. The second-order valence-corrected chi connectivity index (χ2v) is 6.89. The third-order valence-electron chi connectivity index (χ3n) is 3.04. The van der Waals surface area contributed by atoms with Crippen LogP contribution in [0.1, 0.15) is 37.6 Å². The third kappa shape index (κ3) is 3.97. The van der Waals surface area contributed by atoms with Crippen molar-refractivity contribution in [1.29, 1.82) is 0 Å². The minimum atomic E-state index is 0.194. The number of nitrogen functional groups attached to an aromatic ring is 1. The smallest absolute Gasteiger partial charge is 0.190 e. The Morgan fingerprint density at radius 2 is 1.75 bits per heavy atom. The zero-order chi connectivity index (χ0) is 14.8. The van der Waals surface area contributed by atoms with Gasteiger partial charge in [-0.15, -0.1) is 0 Å². The van der Waals surface area contributed by atoms with Crippen LogP contribution in [0, 0.1) is 6.92 Å². The summed E-state index contributed by atoms with van der Waals surface area (Å²) in [5.74, 6) is 1.39. The van der Waals surface area contributed by atoms with Gasteiger partial charge >= 0.3 is 0 Å². The number of benzene rings is 1. The maximum atomic E-state index is 5.73. The minimum absolute atomic E-state index is 0.194. The van der Waals surface area contributed by atoms with Crippen LogP contribution < -0.4 is 5.73 Å². The molecule has 0 spiro atoms. The highest BCUT2D eigenvalue weighted by Gasteiger charge is 2.12. The number of rotatable bonds is 3. The SMILES string of the molecule is Cc1cc(N)nc(SCc2ccc(C(C)(C)C)cc2)n1. The van der Waals surface area contributed by atoms with Gasteiger partial charge in [0.1, 0.15) is 5.82 Å². The van der Waals surface area contributed by atoms with Crippen LogP contribution in [-0.2, 0) is 11.2 Å². The van der Waals surface area contributed by atoms with Gasteiger partial charge in [-0.05, 0) is 23.5 Å². The third-order valence-corrected chi connectivity index (χ3v) is 3.96. The molecule has 0 bridgehead atoms. The number of thioether (sulfide) groups is 1. The minimum Gasteiger partial charge on any atom is -0.384 e. The summed E-state index contributed by atoms with van der Waals surface area (Å²) < 4.78 is 0. The summed E-state index contributed by atoms with van der Waals surface area (Å²) in [6.07, 6.45) is 0. The van der Waals surface area contributed by atoms with Gasteiger partial charge in [0, 0.05) is 17.5 Å². The van der Waals surface area contributed by atoms with Crippen LogP contribution in [0.4, 0.5) is 5.82 Å². The first-order valence-corrected chi connectivity index (χ1v) is 7.66. The van der Waals surface area contributed by atoms with E-state index in [1.165, 1.54) is 11.1 Å². The molecule has 3 nitrogen and oxygen atoms in total. The highest BCUT2D eigenvalue weighted by Crippen LogP contribution is 2.25. The Morgan fingerprint density at radius 3 is 2.30 bits per heavy atom. The zero-order valence-electron chi connectivity index (χ0n) is 12.5. The Balaban J connectivity index is 2.04. The number of hydrogen-bond acceptors (Lipinski definition) is 4. The van der Waals surface area contributed by atoms with Crippen molar-refractivity contribution in [3.8, 4) is 0 Å². The first kappa shape index (κ1) is 14.9. The van der Waals surface area contributed by atoms with E-state index in [0.29, 0.717) is 5.82 Å². The average molecular weight is 287 g/mol. The summed E-state index contributed by atoms with van der Waals surface area (Å²) in [7, 11) is 0. The van der Waals surface area contributed by atoms with Gasteiger partial charge in [0.2, 0.25) is 0 Å². The normalized spacial score (nSPS) is 11.6. The molecule has 0 aliphatic heterocycles. The standard InChI is InChI=1S/C16H21N3S/c1-11-9-14(17)19-15(18-11)20-10-12-5-7-13(8-6-12)16(2,3)4/h5-9H,10H2,1-4H3,(H2,17,18,19). The molecule has 2 N–H and O–H groups in total. The molecule has 0 aliphatic carbocycles. The van der Waals surface area contributed by atoms with E-state index in [-0.39, 0.29) is 5.41 Å². The lowest BCUT2D eigenvalue weighted by molar-refractivity contribution is 0.590. The van der Waals surface area contributed by atoms with Gasteiger partial charge in [0.15, 0.2) is 5.16 Å².